The van der Waals surface area contributed by atoms with Gasteiger partial charge in [-0.05, 0) is 31.0 Å². The fraction of sp³-hybridized carbons (Fsp3) is 0.417. The first kappa shape index (κ1) is 13.7. The molecule has 7 heteroatoms. The van der Waals surface area contributed by atoms with Crippen molar-refractivity contribution < 1.29 is 23.4 Å². The zero-order chi connectivity index (χ0) is 14.0. The third-order valence-corrected chi connectivity index (χ3v) is 5.45. The van der Waals surface area contributed by atoms with Crippen LogP contribution in [0.5, 0.6) is 11.5 Å². The van der Waals surface area contributed by atoms with Crippen molar-refractivity contribution in [2.75, 3.05) is 12.3 Å². The normalized spacial score (nSPS) is 21.2. The van der Waals surface area contributed by atoms with Gasteiger partial charge in [-0.1, -0.05) is 0 Å². The van der Waals surface area contributed by atoms with Gasteiger partial charge in [0.25, 0.3) is 5.91 Å². The van der Waals surface area contributed by atoms with Crippen LogP contribution in [0.15, 0.2) is 18.2 Å². The van der Waals surface area contributed by atoms with Crippen LogP contribution in [0.25, 0.3) is 0 Å². The first-order chi connectivity index (χ1) is 8.90. The second kappa shape index (κ2) is 5.08. The van der Waals surface area contributed by atoms with Crippen LogP contribution >= 0.6 is 0 Å². The maximum atomic E-state index is 11.8. The molecule has 1 heterocycles. The molecule has 0 radical (unpaired) electrons. The Hall–Kier alpha value is -1.76. The van der Waals surface area contributed by atoms with Gasteiger partial charge in [0.1, 0.15) is 11.5 Å². The quantitative estimate of drug-likeness (QED) is 0.698. The summed E-state index contributed by atoms with van der Waals surface area (Å²) in [4.78, 5) is 11.8. The van der Waals surface area contributed by atoms with Gasteiger partial charge in [0.2, 0.25) is 0 Å². The van der Waals surface area contributed by atoms with Crippen molar-refractivity contribution in [1.82, 2.24) is 5.32 Å². The molecule has 1 aliphatic heterocycles. The fourth-order valence-corrected chi connectivity index (χ4v) is 3.86. The number of sulfone groups is 1. The number of carbonyl (C=O) groups excluding carboxylic acids is 1. The molecule has 6 nitrogen and oxygen atoms in total. The van der Waals surface area contributed by atoms with Crippen molar-refractivity contribution in [2.45, 2.75) is 18.1 Å². The predicted molar refractivity (Wildman–Crippen MR) is 68.9 cm³/mol. The maximum absolute atomic E-state index is 11.8. The second-order valence-corrected chi connectivity index (χ2v) is 6.94. The molecule has 1 fully saturated rings. The molecule has 3 N–H and O–H groups in total. The zero-order valence-electron chi connectivity index (χ0n) is 10.2. The van der Waals surface area contributed by atoms with E-state index in [-0.39, 0.29) is 29.4 Å². The summed E-state index contributed by atoms with van der Waals surface area (Å²) in [6.07, 6.45) is 1.15. The second-order valence-electron chi connectivity index (χ2n) is 4.54. The van der Waals surface area contributed by atoms with Crippen LogP contribution in [0.4, 0.5) is 0 Å². The van der Waals surface area contributed by atoms with Gasteiger partial charge in [0.15, 0.2) is 9.84 Å². The molecular weight excluding hydrogens is 270 g/mol. The van der Waals surface area contributed by atoms with E-state index >= 15 is 0 Å². The Morgan fingerprint density at radius 3 is 2.74 bits per heavy atom. The Morgan fingerprint density at radius 1 is 1.37 bits per heavy atom. The smallest absolute Gasteiger partial charge is 0.255 e. The van der Waals surface area contributed by atoms with Crippen LogP contribution in [0, 0.1) is 0 Å². The number of amides is 1. The largest absolute Gasteiger partial charge is 0.508 e. The lowest BCUT2D eigenvalue weighted by Gasteiger charge is -2.11. The molecule has 0 aromatic heterocycles. The highest BCUT2D eigenvalue weighted by Crippen LogP contribution is 2.23. The number of benzene rings is 1. The van der Waals surface area contributed by atoms with Gasteiger partial charge in [-0.2, -0.15) is 0 Å². The van der Waals surface area contributed by atoms with Crippen LogP contribution in [0.3, 0.4) is 0 Å². The molecule has 1 amide bonds. The van der Waals surface area contributed by atoms with Crippen LogP contribution in [0.2, 0.25) is 0 Å². The molecule has 2 rings (SSSR count). The molecule has 0 saturated carbocycles. The monoisotopic (exact) mass is 285 g/mol. The summed E-state index contributed by atoms with van der Waals surface area (Å²) >= 11 is 0. The third-order valence-electron chi connectivity index (χ3n) is 3.18. The third kappa shape index (κ3) is 2.98. The molecule has 0 bridgehead atoms. The van der Waals surface area contributed by atoms with Gasteiger partial charge >= 0.3 is 0 Å². The highest BCUT2D eigenvalue weighted by atomic mass is 32.2. The highest BCUT2D eigenvalue weighted by molar-refractivity contribution is 7.92. The number of hydrogen-bond acceptors (Lipinski definition) is 5. The number of aromatic hydroxyl groups is 2. The summed E-state index contributed by atoms with van der Waals surface area (Å²) in [6, 6.07) is 3.60. The first-order valence-electron chi connectivity index (χ1n) is 5.92. The van der Waals surface area contributed by atoms with Crippen LogP contribution in [-0.4, -0.2) is 42.1 Å². The van der Waals surface area contributed by atoms with Crippen molar-refractivity contribution in [3.05, 3.63) is 23.8 Å². The van der Waals surface area contributed by atoms with Gasteiger partial charge in [0.05, 0.1) is 16.6 Å². The van der Waals surface area contributed by atoms with E-state index in [2.05, 4.69) is 5.32 Å². The summed E-state index contributed by atoms with van der Waals surface area (Å²) in [6.45, 7) is 0.0241. The van der Waals surface area contributed by atoms with Crippen LogP contribution in [0.1, 0.15) is 23.2 Å². The average molecular weight is 285 g/mol. The van der Waals surface area contributed by atoms with Gasteiger partial charge in [-0.25, -0.2) is 8.42 Å². The Balaban J connectivity index is 2.04. The minimum atomic E-state index is -3.11. The highest BCUT2D eigenvalue weighted by Gasteiger charge is 2.31. The van der Waals surface area contributed by atoms with E-state index in [4.69, 9.17) is 0 Å². The molecule has 1 unspecified atom stereocenters. The van der Waals surface area contributed by atoms with Crippen LogP contribution in [-0.2, 0) is 9.84 Å². The van der Waals surface area contributed by atoms with Gasteiger partial charge in [-0.3, -0.25) is 4.79 Å². The molecular formula is C12H15NO5S. The lowest BCUT2D eigenvalue weighted by Crippen LogP contribution is -2.34. The molecule has 104 valence electrons. The molecule has 1 aliphatic rings. The molecule has 1 aromatic rings. The molecule has 1 atom stereocenters. The predicted octanol–water partition coefficient (Wildman–Crippen LogP) is 0.405. The van der Waals surface area contributed by atoms with E-state index in [1.807, 2.05) is 0 Å². The number of phenolic OH excluding ortho intramolecular Hbond substituents is 2. The topological polar surface area (TPSA) is 104 Å². The molecule has 0 aliphatic carbocycles. The van der Waals surface area contributed by atoms with E-state index < -0.39 is 21.0 Å². The van der Waals surface area contributed by atoms with E-state index in [1.165, 1.54) is 12.1 Å². The summed E-state index contributed by atoms with van der Waals surface area (Å²) in [5, 5.41) is 20.7. The zero-order valence-corrected chi connectivity index (χ0v) is 11.0. The number of phenols is 2. The molecule has 1 aromatic carbocycles. The average Bonchev–Trinajstić information content (AvgIpc) is 2.68. The molecule has 1 saturated heterocycles. The minimum Gasteiger partial charge on any atom is -0.508 e. The Bertz CT molecular complexity index is 596. The van der Waals surface area contributed by atoms with Crippen molar-refractivity contribution in [3.8, 4) is 11.5 Å². The lowest BCUT2D eigenvalue weighted by molar-refractivity contribution is 0.0950. The summed E-state index contributed by atoms with van der Waals surface area (Å²) in [7, 11) is -3.11. The summed E-state index contributed by atoms with van der Waals surface area (Å²) in [5.74, 6) is -0.846. The van der Waals surface area contributed by atoms with Gasteiger partial charge in [0, 0.05) is 6.54 Å². The van der Waals surface area contributed by atoms with Crippen molar-refractivity contribution >= 4 is 15.7 Å². The van der Waals surface area contributed by atoms with Crippen molar-refractivity contribution in [3.63, 3.8) is 0 Å². The summed E-state index contributed by atoms with van der Waals surface area (Å²) < 4.78 is 23.2. The fourth-order valence-electron chi connectivity index (χ4n) is 2.10. The number of hydrogen-bond donors (Lipinski definition) is 3. The van der Waals surface area contributed by atoms with E-state index in [1.54, 1.807) is 0 Å². The standard InChI is InChI=1S/C12H15NO5S/c14-8-3-4-11(15)10(6-8)12(16)13-7-9-2-1-5-19(9,17)18/h3-4,6,9,14-15H,1-2,5,7H2,(H,13,16). The number of nitrogens with one attached hydrogen (secondary N) is 1. The SMILES string of the molecule is O=C(NCC1CCCS1(=O)=O)c1cc(O)ccc1O. The van der Waals surface area contributed by atoms with Crippen molar-refractivity contribution in [2.24, 2.45) is 0 Å². The van der Waals surface area contributed by atoms with Crippen molar-refractivity contribution in [1.29, 1.82) is 0 Å². The Kier molecular flexibility index (Phi) is 3.66. The van der Waals surface area contributed by atoms with Gasteiger partial charge < -0.3 is 15.5 Å². The molecule has 0 spiro atoms. The van der Waals surface area contributed by atoms with E-state index in [9.17, 15) is 23.4 Å². The van der Waals surface area contributed by atoms with E-state index in [0.29, 0.717) is 12.8 Å². The number of carbonyl (C=O) groups is 1. The Labute approximate surface area is 111 Å². The maximum Gasteiger partial charge on any atom is 0.255 e. The summed E-state index contributed by atoms with van der Waals surface area (Å²) in [5.41, 5.74) is -0.0737. The van der Waals surface area contributed by atoms with Gasteiger partial charge in [-0.15, -0.1) is 0 Å². The molecule has 19 heavy (non-hydrogen) atoms. The lowest BCUT2D eigenvalue weighted by atomic mass is 10.1. The van der Waals surface area contributed by atoms with Crippen LogP contribution < -0.4 is 5.32 Å². The van der Waals surface area contributed by atoms with E-state index in [0.717, 1.165) is 6.07 Å². The Morgan fingerprint density at radius 2 is 2.11 bits per heavy atom. The minimum absolute atomic E-state index is 0.0241. The first-order valence-corrected chi connectivity index (χ1v) is 7.63. The number of rotatable bonds is 3.